The molecule has 1 fully saturated rings. The van der Waals surface area contributed by atoms with Gasteiger partial charge in [0.25, 0.3) is 5.91 Å². The number of piperidine rings is 1. The van der Waals surface area contributed by atoms with E-state index >= 15 is 0 Å². The molecule has 2 aromatic carbocycles. The van der Waals surface area contributed by atoms with Gasteiger partial charge < -0.3 is 18.9 Å². The van der Waals surface area contributed by atoms with E-state index in [-0.39, 0.29) is 17.2 Å². The predicted octanol–water partition coefficient (Wildman–Crippen LogP) is 5.21. The first-order valence-corrected chi connectivity index (χ1v) is 11.0. The number of fused-ring (bicyclic) bond motifs is 4. The number of likely N-dealkylation sites (tertiary alicyclic amines) is 1. The lowest BCUT2D eigenvalue weighted by Crippen LogP contribution is -2.50. The van der Waals surface area contributed by atoms with E-state index in [2.05, 4.69) is 38.0 Å². The zero-order chi connectivity index (χ0) is 21.6. The van der Waals surface area contributed by atoms with Gasteiger partial charge in [-0.05, 0) is 65.1 Å². The Hall–Kier alpha value is -2.62. The second kappa shape index (κ2) is 7.81. The zero-order valence-electron chi connectivity index (χ0n) is 16.4. The molecule has 5 rings (SSSR count). The summed E-state index contributed by atoms with van der Waals surface area (Å²) in [5.41, 5.74) is 1.68. The molecule has 8 heteroatoms. The number of alkyl halides is 2. The van der Waals surface area contributed by atoms with Crippen molar-refractivity contribution < 1.29 is 23.0 Å². The van der Waals surface area contributed by atoms with Crippen molar-refractivity contribution >= 4 is 28.5 Å². The van der Waals surface area contributed by atoms with Gasteiger partial charge >= 0.3 is 6.61 Å². The van der Waals surface area contributed by atoms with Crippen molar-refractivity contribution in [3.8, 4) is 17.2 Å². The van der Waals surface area contributed by atoms with E-state index < -0.39 is 12.2 Å². The molecule has 0 N–H and O–H groups in total. The van der Waals surface area contributed by atoms with Crippen LogP contribution in [0.25, 0.3) is 5.69 Å². The minimum Gasteiger partial charge on any atom is -0.479 e. The van der Waals surface area contributed by atoms with Crippen molar-refractivity contribution in [2.24, 2.45) is 0 Å². The van der Waals surface area contributed by atoms with E-state index in [0.717, 1.165) is 20.7 Å². The van der Waals surface area contributed by atoms with Crippen molar-refractivity contribution in [2.45, 2.75) is 25.1 Å². The highest BCUT2D eigenvalue weighted by atomic mass is 127. The average molecular weight is 536 g/mol. The summed E-state index contributed by atoms with van der Waals surface area (Å²) in [4.78, 5) is 14.7. The van der Waals surface area contributed by atoms with Gasteiger partial charge in [-0.1, -0.05) is 12.1 Å². The average Bonchev–Trinajstić information content (AvgIpc) is 3.25. The van der Waals surface area contributed by atoms with Crippen LogP contribution in [0.4, 0.5) is 8.78 Å². The smallest absolute Gasteiger partial charge is 0.387 e. The number of halogens is 3. The molecule has 1 amide bonds. The fraction of sp³-hybridized carbons (Fsp3) is 0.261. The summed E-state index contributed by atoms with van der Waals surface area (Å²) in [6, 6.07) is 16.3. The third kappa shape index (κ3) is 3.56. The monoisotopic (exact) mass is 536 g/mol. The van der Waals surface area contributed by atoms with Crippen LogP contribution in [0, 0.1) is 3.57 Å². The fourth-order valence-electron chi connectivity index (χ4n) is 4.44. The fourth-order valence-corrected chi connectivity index (χ4v) is 4.90. The molecule has 0 saturated carbocycles. The number of rotatable bonds is 3. The predicted molar refractivity (Wildman–Crippen MR) is 119 cm³/mol. The number of aromatic nitrogens is 1. The molecule has 3 aromatic rings. The Morgan fingerprint density at radius 2 is 1.87 bits per heavy atom. The van der Waals surface area contributed by atoms with Crippen molar-refractivity contribution in [2.75, 3.05) is 13.1 Å². The second-order valence-corrected chi connectivity index (χ2v) is 8.88. The number of amides is 1. The molecule has 0 radical (unpaired) electrons. The summed E-state index contributed by atoms with van der Waals surface area (Å²) in [6.07, 6.45) is 3.23. The number of hydrogen-bond acceptors (Lipinski definition) is 3. The summed E-state index contributed by atoms with van der Waals surface area (Å²) >= 11 is 2.27. The number of ether oxygens (including phenoxy) is 2. The van der Waals surface area contributed by atoms with E-state index in [1.54, 1.807) is 17.0 Å². The molecule has 31 heavy (non-hydrogen) atoms. The van der Waals surface area contributed by atoms with E-state index in [9.17, 15) is 13.6 Å². The number of benzene rings is 2. The van der Waals surface area contributed by atoms with Crippen LogP contribution >= 0.6 is 22.6 Å². The number of hydrogen-bond donors (Lipinski definition) is 0. The summed E-state index contributed by atoms with van der Waals surface area (Å²) < 4.78 is 39.8. The van der Waals surface area contributed by atoms with Crippen LogP contribution in [0.2, 0.25) is 0 Å². The van der Waals surface area contributed by atoms with Gasteiger partial charge in [0.2, 0.25) is 0 Å². The highest BCUT2D eigenvalue weighted by Gasteiger charge is 2.44. The van der Waals surface area contributed by atoms with Gasteiger partial charge in [0.1, 0.15) is 11.5 Å². The second-order valence-electron chi connectivity index (χ2n) is 7.64. The van der Waals surface area contributed by atoms with Gasteiger partial charge in [0.05, 0.1) is 16.9 Å². The Morgan fingerprint density at radius 1 is 1.10 bits per heavy atom. The third-order valence-electron chi connectivity index (χ3n) is 5.89. The molecule has 2 aliphatic heterocycles. The summed E-state index contributed by atoms with van der Waals surface area (Å²) in [7, 11) is 0. The molecule has 0 aliphatic carbocycles. The minimum atomic E-state index is -2.98. The van der Waals surface area contributed by atoms with Gasteiger partial charge in [-0.3, -0.25) is 4.79 Å². The molecule has 1 spiro atoms. The lowest BCUT2D eigenvalue weighted by atomic mass is 9.86. The summed E-state index contributed by atoms with van der Waals surface area (Å²) in [6.45, 7) is -2.08. The van der Waals surface area contributed by atoms with E-state index in [0.29, 0.717) is 25.9 Å². The number of carbonyl (C=O) groups is 1. The van der Waals surface area contributed by atoms with Gasteiger partial charge in [0.15, 0.2) is 5.60 Å². The van der Waals surface area contributed by atoms with Crippen LogP contribution in [0.3, 0.4) is 0 Å². The van der Waals surface area contributed by atoms with Gasteiger partial charge in [-0.25, -0.2) is 0 Å². The Balaban J connectivity index is 1.39. The Morgan fingerprint density at radius 3 is 2.65 bits per heavy atom. The molecule has 0 bridgehead atoms. The standard InChI is InChI=1S/C23H19F2IN2O3/c24-22(25)30-18-5-2-1-4-16(18)21(29)27-12-9-23(10-13-27)20-6-3-11-28(20)17-8-7-15(26)14-19(17)31-23/h1-8,11,14,22H,9-10,12-13H2. The zero-order valence-corrected chi connectivity index (χ0v) is 18.6. The number of carbonyl (C=O) groups excluding carboxylic acids is 1. The first-order chi connectivity index (χ1) is 15.0. The lowest BCUT2D eigenvalue weighted by molar-refractivity contribution is -0.0504. The normalized spacial score (nSPS) is 16.6. The number of nitrogens with zero attached hydrogens (tertiary/aromatic N) is 2. The Kier molecular flexibility index (Phi) is 5.11. The van der Waals surface area contributed by atoms with Crippen molar-refractivity contribution in [1.82, 2.24) is 9.47 Å². The molecule has 5 nitrogen and oxygen atoms in total. The summed E-state index contributed by atoms with van der Waals surface area (Å²) in [5.74, 6) is 0.410. The molecule has 3 heterocycles. The van der Waals surface area contributed by atoms with Gasteiger partial charge in [0, 0.05) is 35.7 Å². The molecule has 0 atom stereocenters. The summed E-state index contributed by atoms with van der Waals surface area (Å²) in [5, 5.41) is 0. The van der Waals surface area contributed by atoms with E-state index in [4.69, 9.17) is 4.74 Å². The number of para-hydroxylation sites is 1. The topological polar surface area (TPSA) is 43.7 Å². The molecular weight excluding hydrogens is 517 g/mol. The molecule has 160 valence electrons. The van der Waals surface area contributed by atoms with Crippen molar-refractivity contribution in [3.63, 3.8) is 0 Å². The van der Waals surface area contributed by atoms with Crippen molar-refractivity contribution in [1.29, 1.82) is 0 Å². The maximum absolute atomic E-state index is 13.1. The molecule has 1 aromatic heterocycles. The quantitative estimate of drug-likeness (QED) is 0.432. The Bertz CT molecular complexity index is 1140. The van der Waals surface area contributed by atoms with Crippen LogP contribution < -0.4 is 9.47 Å². The largest absolute Gasteiger partial charge is 0.479 e. The first-order valence-electron chi connectivity index (χ1n) is 9.97. The third-order valence-corrected chi connectivity index (χ3v) is 6.57. The molecule has 1 saturated heterocycles. The lowest BCUT2D eigenvalue weighted by Gasteiger charge is -2.45. The van der Waals surface area contributed by atoms with Crippen LogP contribution in [0.5, 0.6) is 11.5 Å². The van der Waals surface area contributed by atoms with Crippen LogP contribution in [0.1, 0.15) is 28.9 Å². The van der Waals surface area contributed by atoms with Crippen LogP contribution in [-0.4, -0.2) is 35.1 Å². The molecule has 0 unspecified atom stereocenters. The van der Waals surface area contributed by atoms with Gasteiger partial charge in [-0.15, -0.1) is 0 Å². The maximum atomic E-state index is 13.1. The highest BCUT2D eigenvalue weighted by Crippen LogP contribution is 2.45. The maximum Gasteiger partial charge on any atom is 0.387 e. The first kappa shape index (κ1) is 20.3. The minimum absolute atomic E-state index is 0.103. The SMILES string of the molecule is O=C(c1ccccc1OC(F)F)N1CCC2(CC1)Oc1cc(I)ccc1-n1cccc12. The van der Waals surface area contributed by atoms with Crippen LogP contribution in [-0.2, 0) is 5.60 Å². The van der Waals surface area contributed by atoms with Crippen LogP contribution in [0.15, 0.2) is 60.8 Å². The molecule has 2 aliphatic rings. The van der Waals surface area contributed by atoms with E-state index in [1.807, 2.05) is 30.5 Å². The Labute approximate surface area is 191 Å². The van der Waals surface area contributed by atoms with E-state index in [1.165, 1.54) is 12.1 Å². The van der Waals surface area contributed by atoms with Crippen molar-refractivity contribution in [3.05, 3.63) is 75.6 Å². The molecular formula is C23H19F2IN2O3. The highest BCUT2D eigenvalue weighted by molar-refractivity contribution is 14.1. The van der Waals surface area contributed by atoms with Gasteiger partial charge in [-0.2, -0.15) is 8.78 Å².